The Morgan fingerprint density at radius 2 is 2.06 bits per heavy atom. The van der Waals surface area contributed by atoms with Gasteiger partial charge in [0.15, 0.2) is 0 Å². The largest absolute Gasteiger partial charge is 0.497 e. The molecular weight excluding hydrogens is 234 g/mol. The number of aliphatic imine (C=N–C) groups is 1. The van der Waals surface area contributed by atoms with Crippen LogP contribution in [0.1, 0.15) is 30.9 Å². The van der Waals surface area contributed by atoms with Crippen molar-refractivity contribution in [3.63, 3.8) is 0 Å². The van der Waals surface area contributed by atoms with Crippen molar-refractivity contribution in [3.05, 3.63) is 29.8 Å². The minimum atomic E-state index is -0.419. The number of rotatable bonds is 7. The first-order valence-electron chi connectivity index (χ1n) is 5.63. The van der Waals surface area contributed by atoms with Crippen molar-refractivity contribution >= 4 is 17.4 Å². The molecule has 1 atom stereocenters. The molecule has 17 heavy (non-hydrogen) atoms. The van der Waals surface area contributed by atoms with Crippen molar-refractivity contribution in [2.75, 3.05) is 13.7 Å². The second kappa shape index (κ2) is 7.96. The van der Waals surface area contributed by atoms with E-state index in [0.29, 0.717) is 6.54 Å². The second-order valence-electron chi connectivity index (χ2n) is 3.76. The van der Waals surface area contributed by atoms with Crippen LogP contribution in [0.3, 0.4) is 0 Å². The summed E-state index contributed by atoms with van der Waals surface area (Å²) >= 11 is 4.48. The van der Waals surface area contributed by atoms with Crippen LogP contribution in [0.5, 0.6) is 5.75 Å². The standard InChI is InChI=1S/C13H17NO2S/c1-16-12-7-5-11(6-8-12)13(15)4-2-3-9-14-10-17/h5-8,13,15H,2-4,9H2,1H3. The van der Waals surface area contributed by atoms with Crippen LogP contribution in [-0.4, -0.2) is 23.9 Å². The number of unbranched alkanes of at least 4 members (excludes halogenated alkanes) is 1. The molecular formula is C13H17NO2S. The van der Waals surface area contributed by atoms with Crippen molar-refractivity contribution in [1.29, 1.82) is 0 Å². The molecule has 4 heteroatoms. The summed E-state index contributed by atoms with van der Waals surface area (Å²) in [6, 6.07) is 7.49. The van der Waals surface area contributed by atoms with E-state index in [9.17, 15) is 5.11 Å². The van der Waals surface area contributed by atoms with E-state index in [1.165, 1.54) is 0 Å². The lowest BCUT2D eigenvalue weighted by atomic mass is 10.0. The highest BCUT2D eigenvalue weighted by Crippen LogP contribution is 2.21. The molecule has 1 aromatic rings. The minimum absolute atomic E-state index is 0.419. The van der Waals surface area contributed by atoms with Crippen molar-refractivity contribution in [2.24, 2.45) is 4.99 Å². The van der Waals surface area contributed by atoms with E-state index in [4.69, 9.17) is 4.74 Å². The Morgan fingerprint density at radius 3 is 2.65 bits per heavy atom. The fourth-order valence-corrected chi connectivity index (χ4v) is 1.66. The molecule has 0 aliphatic rings. The van der Waals surface area contributed by atoms with Crippen LogP contribution in [0.2, 0.25) is 0 Å². The zero-order valence-electron chi connectivity index (χ0n) is 9.93. The van der Waals surface area contributed by atoms with E-state index < -0.39 is 6.10 Å². The highest BCUT2D eigenvalue weighted by molar-refractivity contribution is 7.78. The Kier molecular flexibility index (Phi) is 6.48. The number of thiocarbonyl (C=S) groups is 1. The number of ether oxygens (including phenoxy) is 1. The number of nitrogens with zero attached hydrogens (tertiary/aromatic N) is 1. The lowest BCUT2D eigenvalue weighted by Gasteiger charge is -2.10. The molecule has 1 N–H and O–H groups in total. The van der Waals surface area contributed by atoms with Gasteiger partial charge in [0.2, 0.25) is 0 Å². The van der Waals surface area contributed by atoms with Crippen molar-refractivity contribution in [2.45, 2.75) is 25.4 Å². The van der Waals surface area contributed by atoms with E-state index in [0.717, 1.165) is 30.6 Å². The molecule has 0 fully saturated rings. The first kappa shape index (κ1) is 13.8. The van der Waals surface area contributed by atoms with Gasteiger partial charge < -0.3 is 9.84 Å². The summed E-state index contributed by atoms with van der Waals surface area (Å²) < 4.78 is 5.06. The fraction of sp³-hybridized carbons (Fsp3) is 0.462. The van der Waals surface area contributed by atoms with Crippen molar-refractivity contribution < 1.29 is 9.84 Å². The van der Waals surface area contributed by atoms with Gasteiger partial charge in [-0.3, -0.25) is 0 Å². The molecule has 0 aliphatic carbocycles. The minimum Gasteiger partial charge on any atom is -0.497 e. The Bertz CT molecular complexity index is 372. The topological polar surface area (TPSA) is 41.8 Å². The molecule has 0 spiro atoms. The summed E-state index contributed by atoms with van der Waals surface area (Å²) in [5.74, 6) is 0.802. The molecule has 0 saturated heterocycles. The average Bonchev–Trinajstić information content (AvgIpc) is 2.38. The SMILES string of the molecule is COc1ccc(C(O)CCCCN=C=S)cc1. The van der Waals surface area contributed by atoms with Crippen LogP contribution in [0.4, 0.5) is 0 Å². The third kappa shape index (κ3) is 5.09. The monoisotopic (exact) mass is 251 g/mol. The van der Waals surface area contributed by atoms with Crippen molar-refractivity contribution in [3.8, 4) is 5.75 Å². The van der Waals surface area contributed by atoms with Gasteiger partial charge in [0.1, 0.15) is 5.75 Å². The molecule has 92 valence electrons. The molecule has 3 nitrogen and oxygen atoms in total. The van der Waals surface area contributed by atoms with Crippen LogP contribution in [0, 0.1) is 0 Å². The summed E-state index contributed by atoms with van der Waals surface area (Å²) in [5.41, 5.74) is 0.920. The molecule has 0 saturated carbocycles. The molecule has 0 heterocycles. The smallest absolute Gasteiger partial charge is 0.118 e. The maximum absolute atomic E-state index is 9.93. The van der Waals surface area contributed by atoms with Crippen LogP contribution in [0.25, 0.3) is 0 Å². The second-order valence-corrected chi connectivity index (χ2v) is 3.94. The Morgan fingerprint density at radius 1 is 1.35 bits per heavy atom. The first-order valence-corrected chi connectivity index (χ1v) is 6.04. The maximum Gasteiger partial charge on any atom is 0.118 e. The van der Waals surface area contributed by atoms with Crippen LogP contribution in [-0.2, 0) is 0 Å². The van der Waals surface area contributed by atoms with Gasteiger partial charge in [0.25, 0.3) is 0 Å². The summed E-state index contributed by atoms with van der Waals surface area (Å²) in [6.45, 7) is 0.693. The normalized spacial score (nSPS) is 11.6. The number of methoxy groups -OCH3 is 1. The number of benzene rings is 1. The van der Waals surface area contributed by atoms with Gasteiger partial charge in [-0.05, 0) is 49.2 Å². The quantitative estimate of drug-likeness (QED) is 0.460. The predicted molar refractivity (Wildman–Crippen MR) is 71.7 cm³/mol. The predicted octanol–water partition coefficient (Wildman–Crippen LogP) is 3.00. The fourth-order valence-electron chi connectivity index (χ4n) is 1.57. The molecule has 1 aromatic carbocycles. The van der Waals surface area contributed by atoms with E-state index in [2.05, 4.69) is 22.4 Å². The summed E-state index contributed by atoms with van der Waals surface area (Å²) in [6.07, 6.45) is 2.17. The van der Waals surface area contributed by atoms with E-state index in [1.807, 2.05) is 24.3 Å². The molecule has 0 aliphatic heterocycles. The Labute approximate surface area is 107 Å². The van der Waals surface area contributed by atoms with Gasteiger partial charge in [0, 0.05) is 6.54 Å². The molecule has 0 radical (unpaired) electrons. The molecule has 1 unspecified atom stereocenters. The third-order valence-electron chi connectivity index (χ3n) is 2.56. The Hall–Kier alpha value is -1.22. The summed E-state index contributed by atoms with van der Waals surface area (Å²) in [5, 5.41) is 12.3. The number of aliphatic hydroxyl groups excluding tert-OH is 1. The molecule has 1 rings (SSSR count). The highest BCUT2D eigenvalue weighted by atomic mass is 32.1. The van der Waals surface area contributed by atoms with Gasteiger partial charge in [-0.25, -0.2) is 4.99 Å². The summed E-state index contributed by atoms with van der Waals surface area (Å²) in [7, 11) is 1.63. The lowest BCUT2D eigenvalue weighted by Crippen LogP contribution is -1.98. The van der Waals surface area contributed by atoms with Crippen LogP contribution < -0.4 is 4.74 Å². The average molecular weight is 251 g/mol. The first-order chi connectivity index (χ1) is 8.27. The summed E-state index contributed by atoms with van der Waals surface area (Å²) in [4.78, 5) is 3.83. The van der Waals surface area contributed by atoms with Gasteiger partial charge in [-0.2, -0.15) is 0 Å². The number of aliphatic hydroxyl groups is 1. The van der Waals surface area contributed by atoms with Crippen molar-refractivity contribution in [1.82, 2.24) is 0 Å². The number of isothiocyanates is 1. The maximum atomic E-state index is 9.93. The van der Waals surface area contributed by atoms with Crippen LogP contribution >= 0.6 is 12.2 Å². The van der Waals surface area contributed by atoms with E-state index >= 15 is 0 Å². The van der Waals surface area contributed by atoms with Gasteiger partial charge in [-0.1, -0.05) is 12.1 Å². The zero-order valence-corrected chi connectivity index (χ0v) is 10.7. The van der Waals surface area contributed by atoms with Gasteiger partial charge >= 0.3 is 0 Å². The van der Waals surface area contributed by atoms with Crippen LogP contribution in [0.15, 0.2) is 29.3 Å². The Balaban J connectivity index is 2.35. The van der Waals surface area contributed by atoms with E-state index in [1.54, 1.807) is 7.11 Å². The highest BCUT2D eigenvalue weighted by Gasteiger charge is 2.06. The van der Waals surface area contributed by atoms with E-state index in [-0.39, 0.29) is 0 Å². The lowest BCUT2D eigenvalue weighted by molar-refractivity contribution is 0.164. The van der Waals surface area contributed by atoms with Gasteiger partial charge in [-0.15, -0.1) is 0 Å². The molecule has 0 aromatic heterocycles. The third-order valence-corrected chi connectivity index (χ3v) is 2.69. The number of hydrogen-bond acceptors (Lipinski definition) is 4. The molecule has 0 bridgehead atoms. The van der Waals surface area contributed by atoms with Gasteiger partial charge in [0.05, 0.1) is 18.4 Å². The molecule has 0 amide bonds. The number of hydrogen-bond donors (Lipinski definition) is 1. The zero-order chi connectivity index (χ0) is 12.5.